The monoisotopic (exact) mass is 257 g/mol. The van der Waals surface area contributed by atoms with Gasteiger partial charge in [-0.2, -0.15) is 18.3 Å². The Morgan fingerprint density at radius 1 is 1.62 bits per heavy atom. The average Bonchev–Trinajstić information content (AvgIpc) is 2.35. The van der Waals surface area contributed by atoms with Gasteiger partial charge in [0.1, 0.15) is 5.92 Å². The molecule has 0 aliphatic carbocycles. The first-order valence-electron chi connectivity index (χ1n) is 3.42. The minimum atomic E-state index is -4.34. The Labute approximate surface area is 80.6 Å². The predicted octanol–water partition coefficient (Wildman–Crippen LogP) is 1.78. The first kappa shape index (κ1) is 10.5. The van der Waals surface area contributed by atoms with Gasteiger partial charge < -0.3 is 5.73 Å². The molecule has 0 saturated carbocycles. The summed E-state index contributed by atoms with van der Waals surface area (Å²) in [5.41, 5.74) is 5.00. The zero-order valence-corrected chi connectivity index (χ0v) is 7.98. The van der Waals surface area contributed by atoms with Gasteiger partial charge >= 0.3 is 6.18 Å². The number of rotatable bonds is 2. The summed E-state index contributed by atoms with van der Waals surface area (Å²) in [7, 11) is 0. The van der Waals surface area contributed by atoms with Crippen LogP contribution in [-0.2, 0) is 0 Å². The van der Waals surface area contributed by atoms with Crippen LogP contribution in [-0.4, -0.2) is 22.9 Å². The minimum Gasteiger partial charge on any atom is -0.329 e. The van der Waals surface area contributed by atoms with Gasteiger partial charge in [-0.15, -0.1) is 0 Å². The molecular weight excluding hydrogens is 251 g/mol. The van der Waals surface area contributed by atoms with Crippen LogP contribution in [0.1, 0.15) is 11.6 Å². The Kier molecular flexibility index (Phi) is 2.97. The quantitative estimate of drug-likeness (QED) is 0.849. The van der Waals surface area contributed by atoms with Crippen molar-refractivity contribution in [3.63, 3.8) is 0 Å². The lowest BCUT2D eigenvalue weighted by molar-refractivity contribution is -0.149. The van der Waals surface area contributed by atoms with Crippen LogP contribution in [0.2, 0.25) is 0 Å². The molecule has 0 saturated heterocycles. The molecule has 0 aliphatic heterocycles. The molecule has 1 unspecified atom stereocenters. The van der Waals surface area contributed by atoms with Crippen molar-refractivity contribution in [2.24, 2.45) is 5.73 Å². The number of halogens is 4. The highest BCUT2D eigenvalue weighted by Gasteiger charge is 2.41. The fourth-order valence-corrected chi connectivity index (χ4v) is 1.41. The number of nitrogens with zero attached hydrogens (tertiary/aromatic N) is 1. The molecular formula is C6H7BrF3N3. The molecule has 0 bridgehead atoms. The van der Waals surface area contributed by atoms with E-state index in [4.69, 9.17) is 5.73 Å². The van der Waals surface area contributed by atoms with Gasteiger partial charge in [0.2, 0.25) is 0 Å². The maximum absolute atomic E-state index is 12.3. The molecule has 0 aromatic carbocycles. The third-order valence-electron chi connectivity index (χ3n) is 1.60. The van der Waals surface area contributed by atoms with E-state index >= 15 is 0 Å². The van der Waals surface area contributed by atoms with Crippen LogP contribution in [0.15, 0.2) is 10.7 Å². The second kappa shape index (κ2) is 3.67. The smallest absolute Gasteiger partial charge is 0.329 e. The van der Waals surface area contributed by atoms with Gasteiger partial charge in [0.15, 0.2) is 0 Å². The molecule has 7 heteroatoms. The fraction of sp³-hybridized carbons (Fsp3) is 0.500. The summed E-state index contributed by atoms with van der Waals surface area (Å²) in [5.74, 6) is -1.69. The molecule has 74 valence electrons. The van der Waals surface area contributed by atoms with Gasteiger partial charge in [0.05, 0.1) is 16.4 Å². The van der Waals surface area contributed by atoms with E-state index in [-0.39, 0.29) is 5.69 Å². The standard InChI is InChI=1S/C6H7BrF3N3/c7-4-2-12-13-5(4)3(1-11)6(8,9)10/h2-3H,1,11H2,(H,12,13). The summed E-state index contributed by atoms with van der Waals surface area (Å²) in [5, 5.41) is 5.74. The van der Waals surface area contributed by atoms with E-state index in [0.29, 0.717) is 4.47 Å². The third-order valence-corrected chi connectivity index (χ3v) is 2.23. The van der Waals surface area contributed by atoms with E-state index in [9.17, 15) is 13.2 Å². The highest BCUT2D eigenvalue weighted by molar-refractivity contribution is 9.10. The van der Waals surface area contributed by atoms with E-state index in [1.807, 2.05) is 0 Å². The number of nitrogens with two attached hydrogens (primary N) is 1. The maximum atomic E-state index is 12.3. The second-order valence-electron chi connectivity index (χ2n) is 2.46. The van der Waals surface area contributed by atoms with Gasteiger partial charge in [-0.1, -0.05) is 0 Å². The van der Waals surface area contributed by atoms with Crippen LogP contribution < -0.4 is 5.73 Å². The van der Waals surface area contributed by atoms with Gasteiger partial charge in [0, 0.05) is 6.54 Å². The Morgan fingerprint density at radius 3 is 2.54 bits per heavy atom. The molecule has 0 amide bonds. The number of hydrogen-bond donors (Lipinski definition) is 2. The molecule has 3 N–H and O–H groups in total. The van der Waals surface area contributed by atoms with Crippen LogP contribution in [0, 0.1) is 0 Å². The molecule has 0 radical (unpaired) electrons. The lowest BCUT2D eigenvalue weighted by Crippen LogP contribution is -2.28. The Balaban J connectivity index is 2.98. The van der Waals surface area contributed by atoms with E-state index in [1.54, 1.807) is 0 Å². The molecule has 1 aromatic heterocycles. The summed E-state index contributed by atoms with van der Waals surface area (Å²) in [6.45, 7) is -0.496. The van der Waals surface area contributed by atoms with E-state index in [0.717, 1.165) is 0 Å². The number of H-pyrrole nitrogens is 1. The zero-order valence-electron chi connectivity index (χ0n) is 6.40. The summed E-state index contributed by atoms with van der Waals surface area (Å²) in [6, 6.07) is 0. The normalized spacial score (nSPS) is 14.5. The fourth-order valence-electron chi connectivity index (χ4n) is 0.941. The predicted molar refractivity (Wildman–Crippen MR) is 44.1 cm³/mol. The van der Waals surface area contributed by atoms with Crippen molar-refractivity contribution in [1.82, 2.24) is 10.2 Å². The SMILES string of the molecule is NCC(c1[nH]ncc1Br)C(F)(F)F. The summed E-state index contributed by atoms with van der Waals surface area (Å²) >= 11 is 2.95. The van der Waals surface area contributed by atoms with Crippen molar-refractivity contribution in [2.45, 2.75) is 12.1 Å². The van der Waals surface area contributed by atoms with Crippen molar-refractivity contribution in [1.29, 1.82) is 0 Å². The average molecular weight is 258 g/mol. The van der Waals surface area contributed by atoms with Gasteiger partial charge in [-0.3, -0.25) is 5.10 Å². The molecule has 1 heterocycles. The van der Waals surface area contributed by atoms with Crippen molar-refractivity contribution >= 4 is 15.9 Å². The maximum Gasteiger partial charge on any atom is 0.398 e. The van der Waals surface area contributed by atoms with E-state index in [2.05, 4.69) is 26.1 Å². The largest absolute Gasteiger partial charge is 0.398 e. The Morgan fingerprint density at radius 2 is 2.23 bits per heavy atom. The number of aromatic amines is 1. The molecule has 1 aromatic rings. The van der Waals surface area contributed by atoms with E-state index < -0.39 is 18.6 Å². The van der Waals surface area contributed by atoms with Crippen LogP contribution in [0.25, 0.3) is 0 Å². The topological polar surface area (TPSA) is 54.7 Å². The highest BCUT2D eigenvalue weighted by Crippen LogP contribution is 2.35. The van der Waals surface area contributed by atoms with Crippen LogP contribution >= 0.6 is 15.9 Å². The van der Waals surface area contributed by atoms with Gasteiger partial charge in [-0.25, -0.2) is 0 Å². The van der Waals surface area contributed by atoms with Crippen molar-refractivity contribution in [3.05, 3.63) is 16.4 Å². The van der Waals surface area contributed by atoms with Crippen LogP contribution in [0.3, 0.4) is 0 Å². The number of nitrogens with one attached hydrogen (secondary N) is 1. The number of hydrogen-bond acceptors (Lipinski definition) is 2. The highest BCUT2D eigenvalue weighted by atomic mass is 79.9. The van der Waals surface area contributed by atoms with Crippen molar-refractivity contribution in [3.8, 4) is 0 Å². The number of aromatic nitrogens is 2. The molecule has 0 aliphatic rings. The Hall–Kier alpha value is -0.560. The molecule has 1 atom stereocenters. The number of alkyl halides is 3. The molecule has 0 spiro atoms. The molecule has 0 fully saturated rings. The van der Waals surface area contributed by atoms with E-state index in [1.165, 1.54) is 6.20 Å². The molecule has 1 rings (SSSR count). The summed E-state index contributed by atoms with van der Waals surface area (Å²) < 4.78 is 37.2. The summed E-state index contributed by atoms with van der Waals surface area (Å²) in [4.78, 5) is 0. The van der Waals surface area contributed by atoms with Crippen molar-refractivity contribution in [2.75, 3.05) is 6.54 Å². The lowest BCUT2D eigenvalue weighted by atomic mass is 10.1. The summed E-state index contributed by atoms with van der Waals surface area (Å²) in [6.07, 6.45) is -3.08. The lowest BCUT2D eigenvalue weighted by Gasteiger charge is -2.16. The first-order valence-corrected chi connectivity index (χ1v) is 4.21. The molecule has 3 nitrogen and oxygen atoms in total. The first-order chi connectivity index (χ1) is 5.96. The van der Waals surface area contributed by atoms with Crippen LogP contribution in [0.4, 0.5) is 13.2 Å². The zero-order chi connectivity index (χ0) is 10.1. The van der Waals surface area contributed by atoms with Crippen molar-refractivity contribution < 1.29 is 13.2 Å². The Bertz CT molecular complexity index is 283. The second-order valence-corrected chi connectivity index (χ2v) is 3.32. The minimum absolute atomic E-state index is 0.0324. The van der Waals surface area contributed by atoms with Gasteiger partial charge in [-0.05, 0) is 15.9 Å². The van der Waals surface area contributed by atoms with Crippen LogP contribution in [0.5, 0.6) is 0 Å². The third kappa shape index (κ3) is 2.22. The molecule has 13 heavy (non-hydrogen) atoms. The van der Waals surface area contributed by atoms with Gasteiger partial charge in [0.25, 0.3) is 0 Å².